The van der Waals surface area contributed by atoms with Gasteiger partial charge >= 0.3 is 0 Å². The average molecular weight is 418 g/mol. The van der Waals surface area contributed by atoms with Crippen molar-refractivity contribution in [3.8, 4) is 0 Å². The number of nitrogens with one attached hydrogen (secondary N) is 1. The van der Waals surface area contributed by atoms with Crippen molar-refractivity contribution in [3.05, 3.63) is 54.1 Å². The van der Waals surface area contributed by atoms with E-state index in [4.69, 9.17) is 4.74 Å². The maximum atomic E-state index is 14.2. The van der Waals surface area contributed by atoms with Gasteiger partial charge in [0.25, 0.3) is 10.0 Å². The molecular weight excluding hydrogens is 402 g/mol. The van der Waals surface area contributed by atoms with Gasteiger partial charge in [-0.05, 0) is 30.3 Å². The van der Waals surface area contributed by atoms with Crippen LogP contribution in [0.5, 0.6) is 0 Å². The highest BCUT2D eigenvalue weighted by Gasteiger charge is 2.30. The van der Waals surface area contributed by atoms with Gasteiger partial charge in [-0.1, -0.05) is 12.1 Å². The molecule has 27 heavy (non-hydrogen) atoms. The number of hydrogen-bond acceptors (Lipinski definition) is 5. The minimum Gasteiger partial charge on any atom is -0.379 e. The van der Waals surface area contributed by atoms with E-state index < -0.39 is 41.5 Å². The van der Waals surface area contributed by atoms with Crippen molar-refractivity contribution in [2.45, 2.75) is 9.79 Å². The number of anilines is 1. The molecule has 0 bridgehead atoms. The minimum atomic E-state index is -4.32. The first kappa shape index (κ1) is 19.7. The van der Waals surface area contributed by atoms with E-state index in [0.717, 1.165) is 34.6 Å². The number of halogens is 2. The largest absolute Gasteiger partial charge is 0.379 e. The van der Waals surface area contributed by atoms with Crippen molar-refractivity contribution in [1.29, 1.82) is 0 Å². The number of morpholine rings is 1. The molecule has 0 spiro atoms. The molecule has 1 saturated heterocycles. The van der Waals surface area contributed by atoms with Gasteiger partial charge in [-0.2, -0.15) is 4.31 Å². The first-order valence-corrected chi connectivity index (χ1v) is 10.8. The zero-order valence-electron chi connectivity index (χ0n) is 13.9. The fourth-order valence-electron chi connectivity index (χ4n) is 2.56. The maximum Gasteiger partial charge on any atom is 0.264 e. The number of sulfonamides is 2. The normalized spacial score (nSPS) is 16.2. The standard InChI is InChI=1S/C16H16F2N2O5S2/c17-13-3-1-2-4-15(13)26(21,22)19-12-5-6-14(18)16(11-12)27(23,24)20-7-9-25-10-8-20/h1-6,11,19H,7-10H2. The summed E-state index contributed by atoms with van der Waals surface area (Å²) in [6, 6.07) is 7.49. The molecule has 2 aromatic carbocycles. The van der Waals surface area contributed by atoms with Gasteiger partial charge in [0.1, 0.15) is 21.4 Å². The molecule has 3 rings (SSSR count). The van der Waals surface area contributed by atoms with Gasteiger partial charge in [0.2, 0.25) is 10.0 Å². The Morgan fingerprint density at radius 1 is 0.889 bits per heavy atom. The molecule has 1 aliphatic heterocycles. The Bertz CT molecular complexity index is 1050. The summed E-state index contributed by atoms with van der Waals surface area (Å²) in [5, 5.41) is 0. The predicted octanol–water partition coefficient (Wildman–Crippen LogP) is 1.79. The van der Waals surface area contributed by atoms with Crippen LogP contribution in [0.2, 0.25) is 0 Å². The summed E-state index contributed by atoms with van der Waals surface area (Å²) in [6.07, 6.45) is 0. The third-order valence-corrected chi connectivity index (χ3v) is 7.23. The quantitative estimate of drug-likeness (QED) is 0.799. The third kappa shape index (κ3) is 4.10. The Morgan fingerprint density at radius 2 is 1.52 bits per heavy atom. The summed E-state index contributed by atoms with van der Waals surface area (Å²) in [5.74, 6) is -1.98. The number of rotatable bonds is 5. The molecule has 1 heterocycles. The van der Waals surface area contributed by atoms with E-state index in [1.807, 2.05) is 0 Å². The van der Waals surface area contributed by atoms with Crippen LogP contribution in [0, 0.1) is 11.6 Å². The molecule has 0 aromatic heterocycles. The topological polar surface area (TPSA) is 92.8 Å². The van der Waals surface area contributed by atoms with E-state index in [0.29, 0.717) is 0 Å². The van der Waals surface area contributed by atoms with Crippen LogP contribution in [-0.2, 0) is 24.8 Å². The fourth-order valence-corrected chi connectivity index (χ4v) is 5.19. The van der Waals surface area contributed by atoms with Crippen molar-refractivity contribution in [3.63, 3.8) is 0 Å². The van der Waals surface area contributed by atoms with E-state index in [9.17, 15) is 25.6 Å². The molecule has 0 unspecified atom stereocenters. The van der Waals surface area contributed by atoms with Crippen LogP contribution < -0.4 is 4.72 Å². The van der Waals surface area contributed by atoms with Gasteiger partial charge in [0.05, 0.1) is 18.9 Å². The van der Waals surface area contributed by atoms with Crippen molar-refractivity contribution in [2.75, 3.05) is 31.0 Å². The summed E-state index contributed by atoms with van der Waals surface area (Å²) >= 11 is 0. The van der Waals surface area contributed by atoms with Gasteiger partial charge in [0.15, 0.2) is 0 Å². The SMILES string of the molecule is O=S(=O)(Nc1ccc(F)c(S(=O)(=O)N2CCOCC2)c1)c1ccccc1F. The first-order valence-electron chi connectivity index (χ1n) is 7.86. The summed E-state index contributed by atoms with van der Waals surface area (Å²) < 4.78 is 86.1. The Kier molecular flexibility index (Phi) is 5.47. The summed E-state index contributed by atoms with van der Waals surface area (Å²) in [6.45, 7) is 0.487. The van der Waals surface area contributed by atoms with Gasteiger partial charge < -0.3 is 4.74 Å². The molecule has 1 aliphatic rings. The maximum absolute atomic E-state index is 14.2. The van der Waals surface area contributed by atoms with Crippen molar-refractivity contribution in [1.82, 2.24) is 4.31 Å². The third-order valence-electron chi connectivity index (χ3n) is 3.90. The van der Waals surface area contributed by atoms with Gasteiger partial charge in [-0.25, -0.2) is 25.6 Å². The lowest BCUT2D eigenvalue weighted by Gasteiger charge is -2.26. The Labute approximate surface area is 155 Å². The van der Waals surface area contributed by atoms with E-state index in [1.165, 1.54) is 12.1 Å². The van der Waals surface area contributed by atoms with E-state index in [1.54, 1.807) is 0 Å². The van der Waals surface area contributed by atoms with Crippen LogP contribution in [0.4, 0.5) is 14.5 Å². The van der Waals surface area contributed by atoms with E-state index in [-0.39, 0.29) is 32.0 Å². The molecule has 0 amide bonds. The van der Waals surface area contributed by atoms with Crippen LogP contribution in [0.1, 0.15) is 0 Å². The lowest BCUT2D eigenvalue weighted by atomic mass is 10.3. The first-order chi connectivity index (χ1) is 12.7. The minimum absolute atomic E-state index is 0.0625. The zero-order chi connectivity index (χ0) is 19.7. The Hall–Kier alpha value is -2.08. The number of benzene rings is 2. The van der Waals surface area contributed by atoms with Crippen LogP contribution in [0.25, 0.3) is 0 Å². The molecule has 0 saturated carbocycles. The average Bonchev–Trinajstić information content (AvgIpc) is 2.64. The molecule has 1 N–H and O–H groups in total. The smallest absolute Gasteiger partial charge is 0.264 e. The predicted molar refractivity (Wildman–Crippen MR) is 93.2 cm³/mol. The second kappa shape index (κ2) is 7.50. The van der Waals surface area contributed by atoms with Crippen molar-refractivity contribution in [2.24, 2.45) is 0 Å². The van der Waals surface area contributed by atoms with Crippen LogP contribution in [0.3, 0.4) is 0 Å². The zero-order valence-corrected chi connectivity index (χ0v) is 15.6. The number of nitrogens with zero attached hydrogens (tertiary/aromatic N) is 1. The Balaban J connectivity index is 1.95. The van der Waals surface area contributed by atoms with Gasteiger partial charge in [0, 0.05) is 13.1 Å². The summed E-state index contributed by atoms with van der Waals surface area (Å²) in [4.78, 5) is -1.27. The Morgan fingerprint density at radius 3 is 2.19 bits per heavy atom. The van der Waals surface area contributed by atoms with Gasteiger partial charge in [-0.3, -0.25) is 4.72 Å². The van der Waals surface area contributed by atoms with Crippen molar-refractivity contribution < 1.29 is 30.4 Å². The van der Waals surface area contributed by atoms with Crippen LogP contribution in [-0.4, -0.2) is 47.4 Å². The molecule has 146 valence electrons. The second-order valence-electron chi connectivity index (χ2n) is 5.70. The lowest BCUT2D eigenvalue weighted by Crippen LogP contribution is -2.40. The second-order valence-corrected chi connectivity index (χ2v) is 9.25. The van der Waals surface area contributed by atoms with Crippen molar-refractivity contribution >= 4 is 25.7 Å². The molecular formula is C16H16F2N2O5S2. The molecule has 0 radical (unpaired) electrons. The highest BCUT2D eigenvalue weighted by atomic mass is 32.2. The number of hydrogen-bond donors (Lipinski definition) is 1. The summed E-state index contributed by atoms with van der Waals surface area (Å²) in [5.41, 5.74) is -0.202. The summed E-state index contributed by atoms with van der Waals surface area (Å²) in [7, 11) is -8.49. The number of ether oxygens (including phenoxy) is 1. The molecule has 11 heteroatoms. The monoisotopic (exact) mass is 418 g/mol. The molecule has 0 aliphatic carbocycles. The molecule has 0 atom stereocenters. The molecule has 7 nitrogen and oxygen atoms in total. The lowest BCUT2D eigenvalue weighted by molar-refractivity contribution is 0.0729. The molecule has 1 fully saturated rings. The van der Waals surface area contributed by atoms with Crippen LogP contribution in [0.15, 0.2) is 52.3 Å². The molecule has 2 aromatic rings. The highest BCUT2D eigenvalue weighted by molar-refractivity contribution is 7.92. The van der Waals surface area contributed by atoms with E-state index >= 15 is 0 Å². The highest BCUT2D eigenvalue weighted by Crippen LogP contribution is 2.26. The van der Waals surface area contributed by atoms with Gasteiger partial charge in [-0.15, -0.1) is 0 Å². The fraction of sp³-hybridized carbons (Fsp3) is 0.250. The van der Waals surface area contributed by atoms with Crippen LogP contribution >= 0.6 is 0 Å². The van der Waals surface area contributed by atoms with E-state index in [2.05, 4.69) is 4.72 Å².